The van der Waals surface area contributed by atoms with E-state index in [1.807, 2.05) is 25.1 Å². The molecule has 1 aromatic carbocycles. The Bertz CT molecular complexity index is 728. The SMILES string of the molecule is Cc1cccc(C[C@]2(CO)CN(C(=O)c3nccn3C)CCO2)c1. The molecule has 3 rings (SSSR count). The molecule has 1 aliphatic rings. The molecule has 6 heteroatoms. The van der Waals surface area contributed by atoms with E-state index in [-0.39, 0.29) is 12.5 Å². The first-order valence-corrected chi connectivity index (χ1v) is 8.10. The predicted octanol–water partition coefficient (Wildman–Crippen LogP) is 1.17. The number of aromatic nitrogens is 2. The lowest BCUT2D eigenvalue weighted by Crippen LogP contribution is -2.57. The van der Waals surface area contributed by atoms with Crippen LogP contribution in [0.25, 0.3) is 0 Å². The van der Waals surface area contributed by atoms with Gasteiger partial charge in [0.25, 0.3) is 5.91 Å². The standard InChI is InChI=1S/C18H23N3O3/c1-14-4-3-5-15(10-14)11-18(13-22)12-21(8-9-24-18)17(23)16-19-6-7-20(16)2/h3-7,10,22H,8-9,11-13H2,1-2H3/t18-/m1/s1. The molecule has 2 heterocycles. The van der Waals surface area contributed by atoms with Crippen LogP contribution in [0.15, 0.2) is 36.7 Å². The average Bonchev–Trinajstić information content (AvgIpc) is 3.00. The quantitative estimate of drug-likeness (QED) is 0.914. The van der Waals surface area contributed by atoms with E-state index in [0.717, 1.165) is 11.1 Å². The Kier molecular flexibility index (Phi) is 4.69. The topological polar surface area (TPSA) is 67.6 Å². The zero-order chi connectivity index (χ0) is 17.2. The molecular weight excluding hydrogens is 306 g/mol. The summed E-state index contributed by atoms with van der Waals surface area (Å²) in [5.74, 6) is 0.271. The summed E-state index contributed by atoms with van der Waals surface area (Å²) in [4.78, 5) is 18.5. The maximum Gasteiger partial charge on any atom is 0.290 e. The fraction of sp³-hybridized carbons (Fsp3) is 0.444. The molecule has 6 nitrogen and oxygen atoms in total. The van der Waals surface area contributed by atoms with Gasteiger partial charge in [-0.3, -0.25) is 4.79 Å². The van der Waals surface area contributed by atoms with Crippen LogP contribution in [0.4, 0.5) is 0 Å². The number of imidazole rings is 1. The molecule has 1 atom stereocenters. The Hall–Kier alpha value is -2.18. The molecule has 0 bridgehead atoms. The highest BCUT2D eigenvalue weighted by Gasteiger charge is 2.39. The van der Waals surface area contributed by atoms with Gasteiger partial charge in [-0.15, -0.1) is 0 Å². The number of aliphatic hydroxyl groups excluding tert-OH is 1. The Morgan fingerprint density at radius 1 is 1.46 bits per heavy atom. The van der Waals surface area contributed by atoms with E-state index in [9.17, 15) is 9.90 Å². The van der Waals surface area contributed by atoms with Gasteiger partial charge in [-0.25, -0.2) is 4.98 Å². The average molecular weight is 329 g/mol. The van der Waals surface area contributed by atoms with Crippen molar-refractivity contribution in [2.75, 3.05) is 26.3 Å². The van der Waals surface area contributed by atoms with Gasteiger partial charge in [0.05, 0.1) is 19.8 Å². The summed E-state index contributed by atoms with van der Waals surface area (Å²) in [6.07, 6.45) is 3.93. The number of ether oxygens (including phenoxy) is 1. The smallest absolute Gasteiger partial charge is 0.290 e. The number of morpholine rings is 1. The monoisotopic (exact) mass is 329 g/mol. The normalized spacial score (nSPS) is 21.0. The summed E-state index contributed by atoms with van der Waals surface area (Å²) in [6, 6.07) is 8.14. The van der Waals surface area contributed by atoms with Gasteiger partial charge in [0, 0.05) is 32.4 Å². The molecule has 1 amide bonds. The Labute approximate surface area is 141 Å². The third-order valence-corrected chi connectivity index (χ3v) is 4.45. The van der Waals surface area contributed by atoms with Gasteiger partial charge in [-0.1, -0.05) is 29.8 Å². The third-order valence-electron chi connectivity index (χ3n) is 4.45. The van der Waals surface area contributed by atoms with Gasteiger partial charge >= 0.3 is 0 Å². The fourth-order valence-electron chi connectivity index (χ4n) is 3.18. The molecule has 0 unspecified atom stereocenters. The van der Waals surface area contributed by atoms with Crippen molar-refractivity contribution in [3.05, 3.63) is 53.6 Å². The molecule has 24 heavy (non-hydrogen) atoms. The van der Waals surface area contributed by atoms with Gasteiger partial charge in [0.15, 0.2) is 5.82 Å². The molecular formula is C18H23N3O3. The molecule has 1 fully saturated rings. The number of benzene rings is 1. The molecule has 1 N–H and O–H groups in total. The second-order valence-electron chi connectivity index (χ2n) is 6.44. The zero-order valence-corrected chi connectivity index (χ0v) is 14.1. The Balaban J connectivity index is 1.79. The number of carbonyl (C=O) groups is 1. The second kappa shape index (κ2) is 6.75. The third kappa shape index (κ3) is 3.34. The molecule has 0 spiro atoms. The molecule has 1 aliphatic heterocycles. The number of rotatable bonds is 4. The van der Waals surface area contributed by atoms with Crippen LogP contribution in [0.1, 0.15) is 21.7 Å². The predicted molar refractivity (Wildman–Crippen MR) is 89.8 cm³/mol. The zero-order valence-electron chi connectivity index (χ0n) is 14.1. The molecule has 1 aromatic heterocycles. The van der Waals surface area contributed by atoms with Gasteiger partial charge in [0.1, 0.15) is 5.60 Å². The van der Waals surface area contributed by atoms with Gasteiger partial charge in [-0.05, 0) is 12.5 Å². The molecule has 2 aromatic rings. The second-order valence-corrected chi connectivity index (χ2v) is 6.44. The van der Waals surface area contributed by atoms with Crippen LogP contribution in [0.3, 0.4) is 0 Å². The van der Waals surface area contributed by atoms with E-state index in [4.69, 9.17) is 4.74 Å². The van der Waals surface area contributed by atoms with Crippen LogP contribution in [0.2, 0.25) is 0 Å². The summed E-state index contributed by atoms with van der Waals surface area (Å²) in [6.45, 7) is 3.16. The van der Waals surface area contributed by atoms with Crippen molar-refractivity contribution < 1.29 is 14.6 Å². The lowest BCUT2D eigenvalue weighted by atomic mass is 9.92. The highest BCUT2D eigenvalue weighted by molar-refractivity contribution is 5.91. The molecule has 128 valence electrons. The number of aryl methyl sites for hydroxylation is 2. The first-order valence-electron chi connectivity index (χ1n) is 8.10. The lowest BCUT2D eigenvalue weighted by Gasteiger charge is -2.41. The van der Waals surface area contributed by atoms with Gasteiger partial charge in [0.2, 0.25) is 0 Å². The molecule has 0 aliphatic carbocycles. The van der Waals surface area contributed by atoms with Crippen molar-refractivity contribution in [2.45, 2.75) is 18.9 Å². The van der Waals surface area contributed by atoms with Crippen LogP contribution in [-0.2, 0) is 18.2 Å². The lowest BCUT2D eigenvalue weighted by molar-refractivity contribution is -0.123. The number of nitrogens with zero attached hydrogens (tertiary/aromatic N) is 3. The molecule has 0 saturated carbocycles. The van der Waals surface area contributed by atoms with E-state index in [0.29, 0.717) is 31.9 Å². The maximum atomic E-state index is 12.7. The van der Waals surface area contributed by atoms with Crippen molar-refractivity contribution in [2.24, 2.45) is 7.05 Å². The fourth-order valence-corrected chi connectivity index (χ4v) is 3.18. The van der Waals surface area contributed by atoms with Crippen molar-refractivity contribution >= 4 is 5.91 Å². The summed E-state index contributed by atoms with van der Waals surface area (Å²) >= 11 is 0. The van der Waals surface area contributed by atoms with E-state index in [1.54, 1.807) is 28.9 Å². The van der Waals surface area contributed by atoms with Crippen LogP contribution in [0, 0.1) is 6.92 Å². The minimum atomic E-state index is -0.771. The first-order chi connectivity index (χ1) is 11.5. The molecule has 0 radical (unpaired) electrons. The van der Waals surface area contributed by atoms with Gasteiger partial charge < -0.3 is 19.3 Å². The Morgan fingerprint density at radius 2 is 2.29 bits per heavy atom. The summed E-state index contributed by atoms with van der Waals surface area (Å²) < 4.78 is 7.62. The van der Waals surface area contributed by atoms with E-state index >= 15 is 0 Å². The summed E-state index contributed by atoms with van der Waals surface area (Å²) in [7, 11) is 1.80. The van der Waals surface area contributed by atoms with Crippen LogP contribution in [0.5, 0.6) is 0 Å². The van der Waals surface area contributed by atoms with Crippen molar-refractivity contribution in [1.82, 2.24) is 14.5 Å². The van der Waals surface area contributed by atoms with Crippen molar-refractivity contribution in [3.8, 4) is 0 Å². The van der Waals surface area contributed by atoms with E-state index in [1.165, 1.54) is 0 Å². The van der Waals surface area contributed by atoms with Crippen molar-refractivity contribution in [1.29, 1.82) is 0 Å². The summed E-state index contributed by atoms with van der Waals surface area (Å²) in [5, 5.41) is 9.97. The highest BCUT2D eigenvalue weighted by Crippen LogP contribution is 2.24. The number of hydrogen-bond donors (Lipinski definition) is 1. The van der Waals surface area contributed by atoms with Gasteiger partial charge in [-0.2, -0.15) is 0 Å². The van der Waals surface area contributed by atoms with Crippen LogP contribution >= 0.6 is 0 Å². The minimum Gasteiger partial charge on any atom is -0.393 e. The number of carbonyl (C=O) groups excluding carboxylic acids is 1. The number of hydrogen-bond acceptors (Lipinski definition) is 4. The first kappa shape index (κ1) is 16.7. The number of aliphatic hydroxyl groups is 1. The minimum absolute atomic E-state index is 0.132. The number of amides is 1. The largest absolute Gasteiger partial charge is 0.393 e. The maximum absolute atomic E-state index is 12.7. The van der Waals surface area contributed by atoms with Crippen LogP contribution in [-0.4, -0.2) is 57.4 Å². The Morgan fingerprint density at radius 3 is 2.96 bits per heavy atom. The molecule has 1 saturated heterocycles. The van der Waals surface area contributed by atoms with Crippen LogP contribution < -0.4 is 0 Å². The highest BCUT2D eigenvalue weighted by atomic mass is 16.5. The summed E-state index contributed by atoms with van der Waals surface area (Å²) in [5.41, 5.74) is 1.49. The van der Waals surface area contributed by atoms with E-state index < -0.39 is 5.60 Å². The van der Waals surface area contributed by atoms with Crippen molar-refractivity contribution in [3.63, 3.8) is 0 Å². The van der Waals surface area contributed by atoms with E-state index in [2.05, 4.69) is 11.1 Å².